The second-order valence-electron chi connectivity index (χ2n) is 9.06. The predicted molar refractivity (Wildman–Crippen MR) is 127 cm³/mol. The molecule has 2 aliphatic heterocycles. The van der Waals surface area contributed by atoms with Crippen molar-refractivity contribution in [3.05, 3.63) is 41.5 Å². The molecule has 2 heterocycles. The molecule has 1 N–H and O–H groups in total. The fraction of sp³-hybridized carbons (Fsp3) is 0.577. The highest BCUT2D eigenvalue weighted by atomic mass is 16.8. The summed E-state index contributed by atoms with van der Waals surface area (Å²) in [6.07, 6.45) is 9.78. The van der Waals surface area contributed by atoms with Crippen LogP contribution in [-0.4, -0.2) is 51.5 Å². The van der Waals surface area contributed by atoms with Crippen LogP contribution < -0.4 is 14.8 Å². The highest BCUT2D eigenvalue weighted by Crippen LogP contribution is 2.36. The van der Waals surface area contributed by atoms with Gasteiger partial charge in [0.05, 0.1) is 24.9 Å². The van der Waals surface area contributed by atoms with Crippen LogP contribution in [0.1, 0.15) is 56.5 Å². The Morgan fingerprint density at radius 2 is 1.97 bits per heavy atom. The van der Waals surface area contributed by atoms with E-state index < -0.39 is 5.79 Å². The van der Waals surface area contributed by atoms with E-state index in [0.717, 1.165) is 6.42 Å². The Bertz CT molecular complexity index is 878. The molecule has 7 nitrogen and oxygen atoms in total. The van der Waals surface area contributed by atoms with E-state index in [2.05, 4.69) is 31.3 Å². The highest BCUT2D eigenvalue weighted by Gasteiger charge is 2.43. The van der Waals surface area contributed by atoms with Gasteiger partial charge in [-0.3, -0.25) is 4.79 Å². The summed E-state index contributed by atoms with van der Waals surface area (Å²) in [6.45, 7) is 8.69. The van der Waals surface area contributed by atoms with Crippen molar-refractivity contribution >= 4 is 12.0 Å². The molecule has 3 unspecified atom stereocenters. The molecule has 4 atom stereocenters. The Balaban J connectivity index is 2.03. The first-order valence-electron chi connectivity index (χ1n) is 11.6. The second kappa shape index (κ2) is 11.2. The van der Waals surface area contributed by atoms with Gasteiger partial charge in [0.1, 0.15) is 11.5 Å². The summed E-state index contributed by atoms with van der Waals surface area (Å²) < 4.78 is 28.8. The molecular formula is C26H37NO6. The Morgan fingerprint density at radius 1 is 1.18 bits per heavy atom. The molecule has 0 aromatic heterocycles. The second-order valence-corrected chi connectivity index (χ2v) is 9.06. The van der Waals surface area contributed by atoms with Crippen LogP contribution in [0.15, 0.2) is 30.4 Å². The van der Waals surface area contributed by atoms with E-state index in [9.17, 15) is 4.79 Å². The molecule has 0 bridgehead atoms. The quantitative estimate of drug-likeness (QED) is 0.514. The van der Waals surface area contributed by atoms with E-state index in [4.69, 9.17) is 23.7 Å². The molecule has 0 aliphatic carbocycles. The summed E-state index contributed by atoms with van der Waals surface area (Å²) in [6, 6.07) is 3.54. The largest absolute Gasteiger partial charge is 0.497 e. The summed E-state index contributed by atoms with van der Waals surface area (Å²) >= 11 is 0. The molecule has 1 aromatic rings. The van der Waals surface area contributed by atoms with Crippen LogP contribution in [0, 0.1) is 11.8 Å². The fourth-order valence-electron chi connectivity index (χ4n) is 4.30. The standard InChI is InChI=1S/C26H37NO6/c1-7-18-12-11-17(2)15-27-25(28)23-19(13-20(30-6)14-22(23)31-16-29-5)9-8-10-21-24(18)33-26(3,4)32-21/h8-9,11-14,17-18,21,24H,7,10,15-16H2,1-6H3,(H,27,28)/b9-8+,12-11-/t17-,18?,21?,24?/m1/s1. The van der Waals surface area contributed by atoms with Gasteiger partial charge < -0.3 is 29.0 Å². The molecule has 7 heteroatoms. The Labute approximate surface area is 197 Å². The average Bonchev–Trinajstić information content (AvgIpc) is 3.09. The van der Waals surface area contributed by atoms with Gasteiger partial charge in [0, 0.05) is 25.6 Å². The number of carbonyl (C=O) groups is 1. The third-order valence-electron chi connectivity index (χ3n) is 5.95. The summed E-state index contributed by atoms with van der Waals surface area (Å²) in [5.74, 6) is 0.554. The van der Waals surface area contributed by atoms with Gasteiger partial charge in [-0.25, -0.2) is 0 Å². The lowest BCUT2D eigenvalue weighted by atomic mass is 9.91. The average molecular weight is 460 g/mol. The zero-order valence-electron chi connectivity index (χ0n) is 20.6. The van der Waals surface area contributed by atoms with Crippen LogP contribution >= 0.6 is 0 Å². The van der Waals surface area contributed by atoms with Gasteiger partial charge in [-0.2, -0.15) is 0 Å². The lowest BCUT2D eigenvalue weighted by Crippen LogP contribution is -2.31. The molecule has 1 amide bonds. The van der Waals surface area contributed by atoms with Gasteiger partial charge >= 0.3 is 0 Å². The summed E-state index contributed by atoms with van der Waals surface area (Å²) in [7, 11) is 3.13. The minimum absolute atomic E-state index is 0.0260. The van der Waals surface area contributed by atoms with Gasteiger partial charge in [0.15, 0.2) is 12.6 Å². The van der Waals surface area contributed by atoms with Crippen LogP contribution in [-0.2, 0) is 14.2 Å². The SMILES string of the molecule is CCC1/C=C\[C@@H](C)CNC(=O)c2c(cc(OC)cc2OCOC)/C=C/CC2OC(C)(C)OC12. The highest BCUT2D eigenvalue weighted by molar-refractivity contribution is 6.00. The van der Waals surface area contributed by atoms with Crippen molar-refractivity contribution in [2.75, 3.05) is 27.6 Å². The molecule has 0 spiro atoms. The molecule has 3 rings (SSSR count). The number of nitrogens with one attached hydrogen (secondary N) is 1. The van der Waals surface area contributed by atoms with Gasteiger partial charge in [0.25, 0.3) is 5.91 Å². The first kappa shape index (κ1) is 25.3. The molecule has 2 aliphatic rings. The molecule has 0 saturated carbocycles. The molecule has 182 valence electrons. The zero-order valence-corrected chi connectivity index (χ0v) is 20.6. The van der Waals surface area contributed by atoms with Crippen LogP contribution in [0.25, 0.3) is 6.08 Å². The van der Waals surface area contributed by atoms with Gasteiger partial charge in [-0.15, -0.1) is 0 Å². The minimum Gasteiger partial charge on any atom is -0.497 e. The third kappa shape index (κ3) is 6.37. The van der Waals surface area contributed by atoms with Gasteiger partial charge in [-0.1, -0.05) is 38.2 Å². The lowest BCUT2D eigenvalue weighted by molar-refractivity contribution is -0.148. The van der Waals surface area contributed by atoms with Crippen LogP contribution in [0.5, 0.6) is 11.5 Å². The number of rotatable bonds is 5. The Hall–Kier alpha value is -2.35. The van der Waals surface area contributed by atoms with Crippen molar-refractivity contribution in [2.24, 2.45) is 11.8 Å². The number of methoxy groups -OCH3 is 2. The summed E-state index contributed by atoms with van der Waals surface area (Å²) in [4.78, 5) is 13.2. The van der Waals surface area contributed by atoms with Crippen molar-refractivity contribution in [2.45, 2.75) is 58.5 Å². The minimum atomic E-state index is -0.635. The smallest absolute Gasteiger partial charge is 0.255 e. The number of hydrogen-bond donors (Lipinski definition) is 1. The number of hydrogen-bond acceptors (Lipinski definition) is 6. The first-order valence-corrected chi connectivity index (χ1v) is 11.6. The maximum atomic E-state index is 13.2. The molecule has 33 heavy (non-hydrogen) atoms. The summed E-state index contributed by atoms with van der Waals surface area (Å²) in [5.41, 5.74) is 1.16. The van der Waals surface area contributed by atoms with Crippen molar-refractivity contribution in [3.63, 3.8) is 0 Å². The number of ether oxygens (including phenoxy) is 5. The lowest BCUT2D eigenvalue weighted by Gasteiger charge is -2.23. The van der Waals surface area contributed by atoms with E-state index in [-0.39, 0.29) is 36.7 Å². The van der Waals surface area contributed by atoms with Crippen molar-refractivity contribution < 1.29 is 28.5 Å². The first-order chi connectivity index (χ1) is 15.8. The Kier molecular flexibility index (Phi) is 8.57. The summed E-state index contributed by atoms with van der Waals surface area (Å²) in [5, 5.41) is 3.05. The van der Waals surface area contributed by atoms with E-state index in [0.29, 0.717) is 35.6 Å². The van der Waals surface area contributed by atoms with Crippen molar-refractivity contribution in [1.82, 2.24) is 5.32 Å². The maximum Gasteiger partial charge on any atom is 0.255 e. The van der Waals surface area contributed by atoms with Crippen LogP contribution in [0.3, 0.4) is 0 Å². The van der Waals surface area contributed by atoms with E-state index in [1.54, 1.807) is 20.3 Å². The van der Waals surface area contributed by atoms with Crippen LogP contribution in [0.2, 0.25) is 0 Å². The molecule has 1 saturated heterocycles. The topological polar surface area (TPSA) is 75.3 Å². The van der Waals surface area contributed by atoms with E-state index >= 15 is 0 Å². The Morgan fingerprint density at radius 3 is 2.67 bits per heavy atom. The van der Waals surface area contributed by atoms with Gasteiger partial charge in [0.2, 0.25) is 0 Å². The molecule has 1 aromatic carbocycles. The van der Waals surface area contributed by atoms with Gasteiger partial charge in [-0.05, 0) is 44.2 Å². The molecule has 1 fully saturated rings. The van der Waals surface area contributed by atoms with Crippen molar-refractivity contribution in [3.8, 4) is 11.5 Å². The van der Waals surface area contributed by atoms with E-state index in [1.165, 1.54) is 0 Å². The number of carbonyl (C=O) groups excluding carboxylic acids is 1. The number of amides is 1. The number of fused-ring (bicyclic) bond motifs is 2. The maximum absolute atomic E-state index is 13.2. The zero-order chi connectivity index (χ0) is 24.0. The predicted octanol–water partition coefficient (Wildman–Crippen LogP) is 4.56. The molecular weight excluding hydrogens is 422 g/mol. The fourth-order valence-corrected chi connectivity index (χ4v) is 4.30. The van der Waals surface area contributed by atoms with Crippen LogP contribution in [0.4, 0.5) is 0 Å². The number of benzene rings is 1. The normalized spacial score (nSPS) is 29.2. The third-order valence-corrected chi connectivity index (χ3v) is 5.95. The van der Waals surface area contributed by atoms with Crippen molar-refractivity contribution in [1.29, 1.82) is 0 Å². The monoisotopic (exact) mass is 459 g/mol. The molecule has 0 radical (unpaired) electrons. The van der Waals surface area contributed by atoms with E-state index in [1.807, 2.05) is 32.1 Å².